The van der Waals surface area contributed by atoms with Crippen molar-refractivity contribution in [2.45, 2.75) is 6.18 Å². The van der Waals surface area contributed by atoms with Gasteiger partial charge >= 0.3 is 11.9 Å². The third kappa shape index (κ3) is 2.71. The Bertz CT molecular complexity index is 652. The fraction of sp³-hybridized carbons (Fsp3) is 0.182. The van der Waals surface area contributed by atoms with Gasteiger partial charge in [-0.15, -0.1) is 0 Å². The summed E-state index contributed by atoms with van der Waals surface area (Å²) in [5, 5.41) is 14.0. The molecule has 0 aliphatic carbocycles. The van der Waals surface area contributed by atoms with E-state index in [2.05, 4.69) is 5.10 Å². The fourth-order valence-corrected chi connectivity index (χ4v) is 1.49. The maximum atomic E-state index is 12.5. The van der Waals surface area contributed by atoms with Gasteiger partial charge in [0, 0.05) is 19.2 Å². The van der Waals surface area contributed by atoms with E-state index in [0.29, 0.717) is 6.07 Å². The first kappa shape index (κ1) is 13.8. The number of hydrogen-bond acceptors (Lipinski definition) is 4. The van der Waals surface area contributed by atoms with Gasteiger partial charge in [-0.2, -0.15) is 18.3 Å². The smallest absolute Gasteiger partial charge is 0.432 e. The summed E-state index contributed by atoms with van der Waals surface area (Å²) in [6.07, 6.45) is -4.61. The molecule has 0 saturated heterocycles. The van der Waals surface area contributed by atoms with Crippen molar-refractivity contribution < 1.29 is 22.8 Å². The van der Waals surface area contributed by atoms with Crippen LogP contribution in [0.3, 0.4) is 0 Å². The maximum absolute atomic E-state index is 12.5. The molecule has 1 aromatic heterocycles. The van der Waals surface area contributed by atoms with Crippen molar-refractivity contribution in [3.8, 4) is 11.6 Å². The number of hydrogen-bond donors (Lipinski definition) is 0. The zero-order valence-corrected chi connectivity index (χ0v) is 10.1. The van der Waals surface area contributed by atoms with Gasteiger partial charge in [0.25, 0.3) is 0 Å². The topological polar surface area (TPSA) is 70.2 Å². The number of alkyl halides is 3. The molecule has 106 valence electrons. The standard InChI is InChI=1S/C11H8F3N3O3/c1-16-10(6-9(15-16)11(12,13)14)20-8-5-3-2-4-7(8)17(18)19/h2-6H,1H3. The third-order valence-corrected chi connectivity index (χ3v) is 2.40. The van der Waals surface area contributed by atoms with E-state index >= 15 is 0 Å². The molecule has 0 bridgehead atoms. The summed E-state index contributed by atoms with van der Waals surface area (Å²) in [7, 11) is 1.25. The van der Waals surface area contributed by atoms with Crippen molar-refractivity contribution in [1.82, 2.24) is 9.78 Å². The van der Waals surface area contributed by atoms with Crippen LogP contribution in [0.25, 0.3) is 0 Å². The Hall–Kier alpha value is -2.58. The highest BCUT2D eigenvalue weighted by Crippen LogP contribution is 2.34. The van der Waals surface area contributed by atoms with Crippen molar-refractivity contribution in [1.29, 1.82) is 0 Å². The predicted octanol–water partition coefficient (Wildman–Crippen LogP) is 3.14. The quantitative estimate of drug-likeness (QED) is 0.642. The lowest BCUT2D eigenvalue weighted by Gasteiger charge is -2.05. The van der Waals surface area contributed by atoms with Gasteiger partial charge in [0.15, 0.2) is 5.69 Å². The molecule has 0 fully saturated rings. The Morgan fingerprint density at radius 2 is 2.00 bits per heavy atom. The van der Waals surface area contributed by atoms with Gasteiger partial charge < -0.3 is 4.74 Å². The van der Waals surface area contributed by atoms with E-state index in [0.717, 1.165) is 4.68 Å². The van der Waals surface area contributed by atoms with Crippen LogP contribution in [0.1, 0.15) is 5.69 Å². The van der Waals surface area contributed by atoms with Crippen LogP contribution in [0.2, 0.25) is 0 Å². The largest absolute Gasteiger partial charge is 0.435 e. The fourth-order valence-electron chi connectivity index (χ4n) is 1.49. The molecule has 0 spiro atoms. The molecule has 1 heterocycles. The summed E-state index contributed by atoms with van der Waals surface area (Å²) in [5.74, 6) is -0.402. The van der Waals surface area contributed by atoms with E-state index in [-0.39, 0.29) is 17.3 Å². The Morgan fingerprint density at radius 1 is 1.35 bits per heavy atom. The van der Waals surface area contributed by atoms with Crippen LogP contribution in [-0.2, 0) is 13.2 Å². The SMILES string of the molecule is Cn1nc(C(F)(F)F)cc1Oc1ccccc1[N+](=O)[O-]. The summed E-state index contributed by atoms with van der Waals surface area (Å²) >= 11 is 0. The molecule has 0 amide bonds. The average molecular weight is 287 g/mol. The first-order chi connectivity index (χ1) is 9.29. The Kier molecular flexibility index (Phi) is 3.35. The zero-order valence-electron chi connectivity index (χ0n) is 10.1. The average Bonchev–Trinajstić information content (AvgIpc) is 2.71. The van der Waals surface area contributed by atoms with Crippen LogP contribution in [0.4, 0.5) is 18.9 Å². The molecule has 0 atom stereocenters. The summed E-state index contributed by atoms with van der Waals surface area (Å²) in [6, 6.07) is 6.06. The van der Waals surface area contributed by atoms with Crippen LogP contribution in [0, 0.1) is 10.1 Å². The summed E-state index contributed by atoms with van der Waals surface area (Å²) < 4.78 is 43.5. The number of nitrogens with zero attached hydrogens (tertiary/aromatic N) is 3. The highest BCUT2D eigenvalue weighted by atomic mass is 19.4. The van der Waals surface area contributed by atoms with Gasteiger partial charge in [-0.05, 0) is 6.07 Å². The van der Waals surface area contributed by atoms with Crippen molar-refractivity contribution in [3.63, 3.8) is 0 Å². The number of halogens is 3. The van der Waals surface area contributed by atoms with Gasteiger partial charge in [-0.1, -0.05) is 12.1 Å². The molecule has 0 aliphatic heterocycles. The van der Waals surface area contributed by atoms with E-state index in [9.17, 15) is 23.3 Å². The third-order valence-electron chi connectivity index (χ3n) is 2.40. The number of rotatable bonds is 3. The zero-order chi connectivity index (χ0) is 14.9. The van der Waals surface area contributed by atoms with E-state index in [4.69, 9.17) is 4.74 Å². The van der Waals surface area contributed by atoms with Crippen LogP contribution in [0.15, 0.2) is 30.3 Å². The Labute approximate surface area is 110 Å². The highest BCUT2D eigenvalue weighted by molar-refractivity contribution is 5.47. The first-order valence-electron chi connectivity index (χ1n) is 5.31. The minimum Gasteiger partial charge on any atom is -0.432 e. The number of para-hydroxylation sites is 2. The molecule has 9 heteroatoms. The summed E-state index contributed by atoms with van der Waals surface area (Å²) in [6.45, 7) is 0. The normalized spacial score (nSPS) is 11.4. The number of aromatic nitrogens is 2. The Balaban J connectivity index is 2.36. The monoisotopic (exact) mass is 287 g/mol. The molecule has 2 rings (SSSR count). The van der Waals surface area contributed by atoms with Crippen LogP contribution >= 0.6 is 0 Å². The van der Waals surface area contributed by atoms with E-state index in [1.54, 1.807) is 0 Å². The minimum atomic E-state index is -4.61. The van der Waals surface area contributed by atoms with Gasteiger partial charge in [-0.3, -0.25) is 10.1 Å². The lowest BCUT2D eigenvalue weighted by molar-refractivity contribution is -0.385. The molecular weight excluding hydrogens is 279 g/mol. The van der Waals surface area contributed by atoms with Crippen LogP contribution < -0.4 is 4.74 Å². The molecule has 0 N–H and O–H groups in total. The molecule has 6 nitrogen and oxygen atoms in total. The second-order valence-electron chi connectivity index (χ2n) is 3.82. The lowest BCUT2D eigenvalue weighted by atomic mass is 10.3. The number of nitro benzene ring substituents is 1. The number of ether oxygens (including phenoxy) is 1. The van der Waals surface area contributed by atoms with Crippen molar-refractivity contribution >= 4 is 5.69 Å². The molecule has 0 unspecified atom stereocenters. The maximum Gasteiger partial charge on any atom is 0.435 e. The van der Waals surface area contributed by atoms with Crippen molar-refractivity contribution in [2.75, 3.05) is 0 Å². The van der Waals surface area contributed by atoms with Crippen molar-refractivity contribution in [2.24, 2.45) is 7.05 Å². The van der Waals surface area contributed by atoms with E-state index in [1.165, 1.54) is 31.3 Å². The summed E-state index contributed by atoms with van der Waals surface area (Å²) in [4.78, 5) is 10.1. The van der Waals surface area contributed by atoms with Crippen LogP contribution in [0.5, 0.6) is 11.6 Å². The van der Waals surface area contributed by atoms with Gasteiger partial charge in [0.1, 0.15) is 0 Å². The van der Waals surface area contributed by atoms with Gasteiger partial charge in [-0.25, -0.2) is 4.68 Å². The molecular formula is C11H8F3N3O3. The van der Waals surface area contributed by atoms with Gasteiger partial charge in [0.2, 0.25) is 11.6 Å². The minimum absolute atomic E-state index is 0.158. The van der Waals surface area contributed by atoms with E-state index in [1.807, 2.05) is 0 Å². The second-order valence-corrected chi connectivity index (χ2v) is 3.82. The predicted molar refractivity (Wildman–Crippen MR) is 61.4 cm³/mol. The Morgan fingerprint density at radius 3 is 2.55 bits per heavy atom. The number of benzene rings is 1. The van der Waals surface area contributed by atoms with E-state index < -0.39 is 16.8 Å². The van der Waals surface area contributed by atoms with Crippen molar-refractivity contribution in [3.05, 3.63) is 46.1 Å². The molecule has 0 radical (unpaired) electrons. The second kappa shape index (κ2) is 4.83. The lowest BCUT2D eigenvalue weighted by Crippen LogP contribution is -2.06. The first-order valence-corrected chi connectivity index (χ1v) is 5.31. The molecule has 0 aliphatic rings. The molecule has 20 heavy (non-hydrogen) atoms. The van der Waals surface area contributed by atoms with Crippen LogP contribution in [-0.4, -0.2) is 14.7 Å². The molecule has 2 aromatic rings. The summed E-state index contributed by atoms with van der Waals surface area (Å²) in [5.41, 5.74) is -1.48. The number of nitro groups is 1. The molecule has 0 saturated carbocycles. The highest BCUT2D eigenvalue weighted by Gasteiger charge is 2.35. The number of aryl methyl sites for hydroxylation is 1. The van der Waals surface area contributed by atoms with Gasteiger partial charge in [0.05, 0.1) is 4.92 Å². The molecule has 1 aromatic carbocycles.